The Bertz CT molecular complexity index is 499. The maximum atomic E-state index is 5.64. The van der Waals surface area contributed by atoms with Crippen LogP contribution in [-0.4, -0.2) is 44.3 Å². The third-order valence-corrected chi connectivity index (χ3v) is 2.33. The first kappa shape index (κ1) is 12.2. The van der Waals surface area contributed by atoms with E-state index >= 15 is 0 Å². The summed E-state index contributed by atoms with van der Waals surface area (Å²) in [7, 11) is 1.64. The molecule has 0 aliphatic heterocycles. The van der Waals surface area contributed by atoms with Crippen LogP contribution in [0.4, 0.5) is 11.9 Å². The molecule has 0 aliphatic rings. The van der Waals surface area contributed by atoms with Crippen molar-refractivity contribution in [1.82, 2.24) is 24.5 Å². The van der Waals surface area contributed by atoms with Gasteiger partial charge in [-0.15, -0.1) is 0 Å². The second kappa shape index (κ2) is 5.41. The van der Waals surface area contributed by atoms with Crippen LogP contribution in [0.25, 0.3) is 5.95 Å². The predicted octanol–water partition coefficient (Wildman–Crippen LogP) is 0.0863. The zero-order valence-electron chi connectivity index (χ0n) is 10.2. The van der Waals surface area contributed by atoms with Gasteiger partial charge in [-0.3, -0.25) is 4.57 Å². The smallest absolute Gasteiger partial charge is 0.241 e. The molecule has 0 bridgehead atoms. The van der Waals surface area contributed by atoms with Gasteiger partial charge in [0.1, 0.15) is 6.33 Å². The fourth-order valence-electron chi connectivity index (χ4n) is 1.27. The van der Waals surface area contributed by atoms with Crippen molar-refractivity contribution in [2.24, 2.45) is 0 Å². The topological polar surface area (TPSA) is 104 Å². The van der Waals surface area contributed by atoms with Gasteiger partial charge in [0.2, 0.25) is 17.8 Å². The van der Waals surface area contributed by atoms with Gasteiger partial charge in [-0.25, -0.2) is 4.98 Å². The number of hydrogen-bond donors (Lipinski definition) is 2. The van der Waals surface area contributed by atoms with Gasteiger partial charge in [0, 0.05) is 26.0 Å². The van der Waals surface area contributed by atoms with Gasteiger partial charge in [-0.05, 0) is 6.92 Å². The van der Waals surface area contributed by atoms with Crippen molar-refractivity contribution >= 4 is 11.9 Å². The van der Waals surface area contributed by atoms with Crippen molar-refractivity contribution in [1.29, 1.82) is 0 Å². The molecule has 0 radical (unpaired) electrons. The Hall–Kier alpha value is -2.22. The number of nitrogens with one attached hydrogen (secondary N) is 1. The minimum atomic E-state index is 0.0553. The number of imidazole rings is 1. The summed E-state index contributed by atoms with van der Waals surface area (Å²) in [5.74, 6) is 0.990. The lowest BCUT2D eigenvalue weighted by Crippen LogP contribution is -2.20. The molecule has 2 aromatic rings. The average molecular weight is 249 g/mol. The molecule has 0 saturated carbocycles. The van der Waals surface area contributed by atoms with Gasteiger partial charge in [-0.2, -0.15) is 15.0 Å². The highest BCUT2D eigenvalue weighted by Crippen LogP contribution is 2.06. The van der Waals surface area contributed by atoms with Crippen LogP contribution >= 0.6 is 0 Å². The Morgan fingerprint density at radius 1 is 1.44 bits per heavy atom. The lowest BCUT2D eigenvalue weighted by atomic mass is 10.4. The second-order valence-electron chi connectivity index (χ2n) is 3.71. The summed E-state index contributed by atoms with van der Waals surface area (Å²) in [4.78, 5) is 16.2. The lowest BCUT2D eigenvalue weighted by Gasteiger charge is -2.11. The molecule has 2 heterocycles. The van der Waals surface area contributed by atoms with Crippen LogP contribution < -0.4 is 11.1 Å². The number of nitrogens with zero attached hydrogens (tertiary/aromatic N) is 5. The number of anilines is 2. The molecule has 0 saturated heterocycles. The van der Waals surface area contributed by atoms with Gasteiger partial charge >= 0.3 is 0 Å². The van der Waals surface area contributed by atoms with Crippen LogP contribution in [0.1, 0.15) is 6.92 Å². The summed E-state index contributed by atoms with van der Waals surface area (Å²) >= 11 is 0. The summed E-state index contributed by atoms with van der Waals surface area (Å²) in [6.07, 6.45) is 5.02. The van der Waals surface area contributed by atoms with E-state index in [-0.39, 0.29) is 12.1 Å². The van der Waals surface area contributed by atoms with Crippen LogP contribution in [0.3, 0.4) is 0 Å². The summed E-state index contributed by atoms with van der Waals surface area (Å²) < 4.78 is 6.78. The van der Waals surface area contributed by atoms with E-state index in [9.17, 15) is 0 Å². The standard InChI is InChI=1S/C10H15N7O/c1-7(18-2)5-13-9-14-8(11)15-10(16-9)17-4-3-12-6-17/h3-4,6-7H,5H2,1-2H3,(H3,11,13,14,15,16). The highest BCUT2D eigenvalue weighted by Gasteiger charge is 2.07. The Morgan fingerprint density at radius 3 is 2.94 bits per heavy atom. The SMILES string of the molecule is COC(C)CNc1nc(N)nc(-n2ccnc2)n1. The molecule has 0 aliphatic carbocycles. The number of aromatic nitrogens is 5. The molecular weight excluding hydrogens is 234 g/mol. The maximum absolute atomic E-state index is 5.64. The normalized spacial score (nSPS) is 12.3. The van der Waals surface area contributed by atoms with Crippen molar-refractivity contribution in [2.45, 2.75) is 13.0 Å². The third kappa shape index (κ3) is 2.92. The number of rotatable bonds is 5. The summed E-state index contributed by atoms with van der Waals surface area (Å²) in [6, 6.07) is 0. The molecule has 8 nitrogen and oxygen atoms in total. The van der Waals surface area contributed by atoms with Crippen LogP contribution in [0.5, 0.6) is 0 Å². The number of nitrogens with two attached hydrogens (primary N) is 1. The molecule has 2 aromatic heterocycles. The highest BCUT2D eigenvalue weighted by atomic mass is 16.5. The van der Waals surface area contributed by atoms with Crippen molar-refractivity contribution < 1.29 is 4.74 Å². The molecule has 1 unspecified atom stereocenters. The fraction of sp³-hybridized carbons (Fsp3) is 0.400. The largest absolute Gasteiger partial charge is 0.380 e. The van der Waals surface area contributed by atoms with E-state index < -0.39 is 0 Å². The molecule has 0 aromatic carbocycles. The molecule has 18 heavy (non-hydrogen) atoms. The molecule has 3 N–H and O–H groups in total. The molecular formula is C10H15N7O. The van der Waals surface area contributed by atoms with E-state index in [0.29, 0.717) is 18.4 Å². The van der Waals surface area contributed by atoms with E-state index in [2.05, 4.69) is 25.3 Å². The predicted molar refractivity (Wildman–Crippen MR) is 66.3 cm³/mol. The van der Waals surface area contributed by atoms with Crippen LogP contribution in [0.2, 0.25) is 0 Å². The zero-order valence-corrected chi connectivity index (χ0v) is 10.2. The van der Waals surface area contributed by atoms with E-state index in [1.807, 2.05) is 6.92 Å². The first-order valence-corrected chi connectivity index (χ1v) is 5.45. The second-order valence-corrected chi connectivity index (χ2v) is 3.71. The first-order valence-electron chi connectivity index (χ1n) is 5.45. The van der Waals surface area contributed by atoms with Gasteiger partial charge in [0.05, 0.1) is 6.10 Å². The summed E-state index contributed by atoms with van der Waals surface area (Å²) in [6.45, 7) is 2.53. The van der Waals surface area contributed by atoms with Crippen LogP contribution in [0, 0.1) is 0 Å². The van der Waals surface area contributed by atoms with Crippen LogP contribution in [-0.2, 0) is 4.74 Å². The van der Waals surface area contributed by atoms with Crippen molar-refractivity contribution in [3.8, 4) is 5.95 Å². The van der Waals surface area contributed by atoms with Gasteiger partial charge in [0.15, 0.2) is 0 Å². The number of nitrogen functional groups attached to an aromatic ring is 1. The van der Waals surface area contributed by atoms with Crippen molar-refractivity contribution in [2.75, 3.05) is 24.7 Å². The van der Waals surface area contributed by atoms with Crippen LogP contribution in [0.15, 0.2) is 18.7 Å². The van der Waals surface area contributed by atoms with E-state index in [1.54, 1.807) is 30.4 Å². The molecule has 96 valence electrons. The Balaban J connectivity index is 2.17. The minimum absolute atomic E-state index is 0.0553. The first-order chi connectivity index (χ1) is 8.69. The van der Waals surface area contributed by atoms with Gasteiger partial charge in [-0.1, -0.05) is 0 Å². The summed E-state index contributed by atoms with van der Waals surface area (Å²) in [5.41, 5.74) is 5.64. The molecule has 8 heteroatoms. The Morgan fingerprint density at radius 2 is 2.28 bits per heavy atom. The lowest BCUT2D eigenvalue weighted by molar-refractivity contribution is 0.128. The fourth-order valence-corrected chi connectivity index (χ4v) is 1.27. The molecule has 2 rings (SSSR count). The molecule has 0 fully saturated rings. The number of ether oxygens (including phenoxy) is 1. The van der Waals surface area contributed by atoms with Crippen molar-refractivity contribution in [3.05, 3.63) is 18.7 Å². The highest BCUT2D eigenvalue weighted by molar-refractivity contribution is 5.35. The molecule has 0 spiro atoms. The number of hydrogen-bond acceptors (Lipinski definition) is 7. The van der Waals surface area contributed by atoms with E-state index in [0.717, 1.165) is 0 Å². The average Bonchev–Trinajstić information content (AvgIpc) is 2.89. The summed E-state index contributed by atoms with van der Waals surface area (Å²) in [5, 5.41) is 3.04. The van der Waals surface area contributed by atoms with Gasteiger partial charge < -0.3 is 15.8 Å². The Labute approximate surface area is 104 Å². The van der Waals surface area contributed by atoms with Crippen molar-refractivity contribution in [3.63, 3.8) is 0 Å². The van der Waals surface area contributed by atoms with E-state index in [4.69, 9.17) is 10.5 Å². The zero-order chi connectivity index (χ0) is 13.0. The van der Waals surface area contributed by atoms with Gasteiger partial charge in [0.25, 0.3) is 0 Å². The minimum Gasteiger partial charge on any atom is -0.380 e. The molecule has 1 atom stereocenters. The molecule has 0 amide bonds. The quantitative estimate of drug-likeness (QED) is 0.773. The Kier molecular flexibility index (Phi) is 3.68. The third-order valence-electron chi connectivity index (χ3n) is 2.33. The monoisotopic (exact) mass is 249 g/mol. The van der Waals surface area contributed by atoms with E-state index in [1.165, 1.54) is 0 Å². The maximum Gasteiger partial charge on any atom is 0.241 e. The number of methoxy groups -OCH3 is 1.